The van der Waals surface area contributed by atoms with E-state index in [2.05, 4.69) is 38.1 Å². The topological polar surface area (TPSA) is 99.2 Å². The monoisotopic (exact) mass is 456 g/mol. The summed E-state index contributed by atoms with van der Waals surface area (Å²) in [5.41, 5.74) is 1.89. The van der Waals surface area contributed by atoms with Gasteiger partial charge in [0.15, 0.2) is 0 Å². The summed E-state index contributed by atoms with van der Waals surface area (Å²) >= 11 is 0. The van der Waals surface area contributed by atoms with Crippen LogP contribution in [-0.4, -0.2) is 51.9 Å². The molecule has 0 unspecified atom stereocenters. The van der Waals surface area contributed by atoms with Crippen LogP contribution in [0.15, 0.2) is 73.1 Å². The molecule has 2 aromatic carbocycles. The molecule has 1 aromatic heterocycles. The number of carbonyl (C=O) groups is 2. The maximum absolute atomic E-state index is 13.9. The molecule has 2 aliphatic heterocycles. The summed E-state index contributed by atoms with van der Waals surface area (Å²) in [6, 6.07) is 19.1. The lowest BCUT2D eigenvalue weighted by molar-refractivity contribution is -0.121. The summed E-state index contributed by atoms with van der Waals surface area (Å²) in [6.45, 7) is 3.48. The van der Waals surface area contributed by atoms with Crippen molar-refractivity contribution in [3.63, 3.8) is 0 Å². The van der Waals surface area contributed by atoms with Crippen LogP contribution in [0.5, 0.6) is 0 Å². The number of fused-ring (bicyclic) bond motifs is 1. The van der Waals surface area contributed by atoms with Crippen LogP contribution in [-0.2, 0) is 4.79 Å². The molecule has 0 bridgehead atoms. The normalized spacial score (nSPS) is 23.7. The Morgan fingerprint density at radius 1 is 1.06 bits per heavy atom. The van der Waals surface area contributed by atoms with Gasteiger partial charge in [-0.15, -0.1) is 0 Å². The van der Waals surface area contributed by atoms with E-state index in [1.165, 1.54) is 0 Å². The number of carbonyl (C=O) groups excluding carboxylic acids is 2. The molecule has 2 amide bonds. The number of aromatic nitrogens is 2. The van der Waals surface area contributed by atoms with Gasteiger partial charge >= 0.3 is 0 Å². The maximum atomic E-state index is 13.9. The van der Waals surface area contributed by atoms with Crippen LogP contribution in [0.2, 0.25) is 0 Å². The standard InChI is InChI=1S/C26H28N6O2/c1-18(33)31-26-16-27-14-11-22(26)23(19-7-3-2-4-8-19)32(17-26)24(34)20-9-5-10-21(15-20)30-25-28-12-6-13-29-25/h2-10,12-13,15,22-23,27H,11,14,16-17H2,1H3,(H,31,33)(H,28,29,30)/t22-,23-,26-/m1/s1. The Morgan fingerprint density at radius 3 is 2.62 bits per heavy atom. The number of benzene rings is 2. The van der Waals surface area contributed by atoms with Crippen molar-refractivity contribution in [3.05, 3.63) is 84.2 Å². The van der Waals surface area contributed by atoms with E-state index in [4.69, 9.17) is 0 Å². The van der Waals surface area contributed by atoms with Crippen LogP contribution < -0.4 is 16.0 Å². The molecule has 2 saturated heterocycles. The number of amides is 2. The van der Waals surface area contributed by atoms with Crippen LogP contribution in [0.25, 0.3) is 0 Å². The second kappa shape index (κ2) is 9.23. The van der Waals surface area contributed by atoms with Crippen LogP contribution in [0, 0.1) is 5.92 Å². The SMILES string of the molecule is CC(=O)N[C@@]12CNCC[C@@H]1[C@@H](c1ccccc1)N(C(=O)c1cccc(Nc3ncccn3)c1)C2. The molecule has 8 heteroatoms. The van der Waals surface area contributed by atoms with Crippen molar-refractivity contribution in [2.45, 2.75) is 24.9 Å². The van der Waals surface area contributed by atoms with E-state index in [9.17, 15) is 9.59 Å². The van der Waals surface area contributed by atoms with Crippen molar-refractivity contribution >= 4 is 23.5 Å². The fourth-order valence-corrected chi connectivity index (χ4v) is 5.41. The van der Waals surface area contributed by atoms with Gasteiger partial charge in [0.1, 0.15) is 0 Å². The molecule has 5 rings (SSSR count). The second-order valence-electron chi connectivity index (χ2n) is 8.98. The Balaban J connectivity index is 1.50. The van der Waals surface area contributed by atoms with E-state index >= 15 is 0 Å². The number of nitrogens with one attached hydrogen (secondary N) is 3. The first-order valence-electron chi connectivity index (χ1n) is 11.6. The molecule has 34 heavy (non-hydrogen) atoms. The fourth-order valence-electron chi connectivity index (χ4n) is 5.41. The van der Waals surface area contributed by atoms with E-state index in [1.54, 1.807) is 25.4 Å². The molecular formula is C26H28N6O2. The molecule has 0 spiro atoms. The highest BCUT2D eigenvalue weighted by atomic mass is 16.2. The predicted octanol–water partition coefficient (Wildman–Crippen LogP) is 2.90. The Bertz CT molecular complexity index is 1170. The molecule has 3 atom stereocenters. The first-order valence-corrected chi connectivity index (χ1v) is 11.6. The minimum atomic E-state index is -0.506. The zero-order valence-electron chi connectivity index (χ0n) is 19.1. The van der Waals surface area contributed by atoms with Crippen LogP contribution in [0.3, 0.4) is 0 Å². The molecule has 174 valence electrons. The van der Waals surface area contributed by atoms with Crippen molar-refractivity contribution < 1.29 is 9.59 Å². The molecule has 0 aliphatic carbocycles. The third-order valence-electron chi connectivity index (χ3n) is 6.71. The van der Waals surface area contributed by atoms with Gasteiger partial charge in [-0.3, -0.25) is 9.59 Å². The van der Waals surface area contributed by atoms with Gasteiger partial charge in [0, 0.05) is 49.6 Å². The van der Waals surface area contributed by atoms with Gasteiger partial charge in [-0.2, -0.15) is 0 Å². The molecule has 2 fully saturated rings. The molecule has 3 heterocycles. The minimum absolute atomic E-state index is 0.0642. The summed E-state index contributed by atoms with van der Waals surface area (Å²) in [6.07, 6.45) is 4.20. The van der Waals surface area contributed by atoms with Crippen molar-refractivity contribution in [1.82, 2.24) is 25.5 Å². The van der Waals surface area contributed by atoms with E-state index in [1.807, 2.05) is 47.4 Å². The van der Waals surface area contributed by atoms with Gasteiger partial charge in [-0.25, -0.2) is 9.97 Å². The Morgan fingerprint density at radius 2 is 1.85 bits per heavy atom. The van der Waals surface area contributed by atoms with E-state index in [0.29, 0.717) is 24.6 Å². The third kappa shape index (κ3) is 4.24. The minimum Gasteiger partial charge on any atom is -0.347 e. The second-order valence-corrected chi connectivity index (χ2v) is 8.98. The van der Waals surface area contributed by atoms with E-state index in [-0.39, 0.29) is 23.8 Å². The van der Waals surface area contributed by atoms with Gasteiger partial charge in [-0.1, -0.05) is 36.4 Å². The predicted molar refractivity (Wildman–Crippen MR) is 130 cm³/mol. The number of rotatable bonds is 5. The summed E-state index contributed by atoms with van der Waals surface area (Å²) in [5, 5.41) is 9.80. The van der Waals surface area contributed by atoms with Gasteiger partial charge in [0.25, 0.3) is 5.91 Å². The van der Waals surface area contributed by atoms with Gasteiger partial charge in [-0.05, 0) is 42.8 Å². The molecule has 2 aliphatic rings. The van der Waals surface area contributed by atoms with Crippen LogP contribution >= 0.6 is 0 Å². The molecule has 0 radical (unpaired) electrons. The highest BCUT2D eigenvalue weighted by Crippen LogP contribution is 2.46. The molecule has 3 N–H and O–H groups in total. The Labute approximate surface area is 198 Å². The maximum Gasteiger partial charge on any atom is 0.254 e. The van der Waals surface area contributed by atoms with Crippen LogP contribution in [0.1, 0.15) is 35.3 Å². The molecule has 3 aromatic rings. The summed E-state index contributed by atoms with van der Waals surface area (Å²) in [7, 11) is 0. The van der Waals surface area contributed by atoms with Gasteiger partial charge in [0.05, 0.1) is 11.6 Å². The highest BCUT2D eigenvalue weighted by molar-refractivity contribution is 5.96. The smallest absolute Gasteiger partial charge is 0.254 e. The Hall–Kier alpha value is -3.78. The zero-order valence-corrected chi connectivity index (χ0v) is 19.1. The quantitative estimate of drug-likeness (QED) is 0.546. The lowest BCUT2D eigenvalue weighted by Crippen LogP contribution is -2.62. The molecule has 8 nitrogen and oxygen atoms in total. The first-order chi connectivity index (χ1) is 16.6. The van der Waals surface area contributed by atoms with Crippen molar-refractivity contribution in [1.29, 1.82) is 0 Å². The number of hydrogen-bond donors (Lipinski definition) is 3. The third-order valence-corrected chi connectivity index (χ3v) is 6.71. The van der Waals surface area contributed by atoms with Crippen molar-refractivity contribution in [2.24, 2.45) is 5.92 Å². The zero-order chi connectivity index (χ0) is 23.5. The van der Waals surface area contributed by atoms with Crippen molar-refractivity contribution in [2.75, 3.05) is 25.0 Å². The van der Waals surface area contributed by atoms with Crippen molar-refractivity contribution in [3.8, 4) is 0 Å². The summed E-state index contributed by atoms with van der Waals surface area (Å²) < 4.78 is 0. The van der Waals surface area contributed by atoms with Gasteiger partial charge in [0.2, 0.25) is 11.9 Å². The molecular weight excluding hydrogens is 428 g/mol. The molecule has 0 saturated carbocycles. The lowest BCUT2D eigenvalue weighted by atomic mass is 9.76. The summed E-state index contributed by atoms with van der Waals surface area (Å²) in [4.78, 5) is 36.5. The fraction of sp³-hybridized carbons (Fsp3) is 0.308. The highest BCUT2D eigenvalue weighted by Gasteiger charge is 2.55. The van der Waals surface area contributed by atoms with E-state index < -0.39 is 5.54 Å². The van der Waals surface area contributed by atoms with Gasteiger partial charge < -0.3 is 20.9 Å². The average Bonchev–Trinajstić information content (AvgIpc) is 3.19. The van der Waals surface area contributed by atoms with Crippen LogP contribution in [0.4, 0.5) is 11.6 Å². The number of likely N-dealkylation sites (tertiary alicyclic amines) is 1. The lowest BCUT2D eigenvalue weighted by Gasteiger charge is -2.40. The summed E-state index contributed by atoms with van der Waals surface area (Å²) in [5.74, 6) is 0.439. The Kier molecular flexibility index (Phi) is 5.98. The number of hydrogen-bond acceptors (Lipinski definition) is 6. The first kappa shape index (κ1) is 22.0. The van der Waals surface area contributed by atoms with E-state index in [0.717, 1.165) is 24.2 Å². The number of nitrogens with zero attached hydrogens (tertiary/aromatic N) is 3. The largest absolute Gasteiger partial charge is 0.347 e. The number of piperidine rings is 1. The average molecular weight is 457 g/mol. The number of anilines is 2.